The highest BCUT2D eigenvalue weighted by Crippen LogP contribution is 2.27. The number of carbonyl (C=O) groups excluding carboxylic acids is 5. The first-order chi connectivity index (χ1) is 27.0. The summed E-state index contributed by atoms with van der Waals surface area (Å²) >= 11 is 0. The van der Waals surface area contributed by atoms with Crippen molar-refractivity contribution < 1.29 is 24.0 Å². The standard InChI is InChI=1S/C40H49N11O5/c41-34(53)31(23-25-11-3-1-4-12-25)46-36(54)30(19-10-22-44-39(42)43)45-37(55)32(24-26-13-5-2-6-14-26)47-38(56)35-49-40(51-50-35)48-33(52)21-20-28-17-9-16-27-15-7-8-18-29(27)28/h1,3-4,7-9,11-12,15-18,20-21,26,30-32H,2,5-6,10,13-14,19,22-24H2,(H2,41,53)(H,45,55)(H,46,54)(H,47,56)(H4,42,43,44)(H2,48,49,50,51,52)/b21-20+/t30-,31-,32-/m0/s1. The van der Waals surface area contributed by atoms with Crippen molar-refractivity contribution in [1.82, 2.24) is 31.1 Å². The van der Waals surface area contributed by atoms with E-state index in [9.17, 15) is 24.0 Å². The second-order valence-corrected chi connectivity index (χ2v) is 13.8. The maximum atomic E-state index is 14.0. The second-order valence-electron chi connectivity index (χ2n) is 13.8. The van der Waals surface area contributed by atoms with E-state index in [2.05, 4.69) is 41.4 Å². The highest BCUT2D eigenvalue weighted by molar-refractivity contribution is 6.03. The molecule has 3 aromatic carbocycles. The molecule has 0 unspecified atom stereocenters. The maximum absolute atomic E-state index is 14.0. The van der Waals surface area contributed by atoms with Gasteiger partial charge in [0.05, 0.1) is 0 Å². The van der Waals surface area contributed by atoms with Gasteiger partial charge in [0.2, 0.25) is 29.5 Å². The Morgan fingerprint density at radius 3 is 2.27 bits per heavy atom. The number of benzene rings is 3. The number of guanidine groups is 1. The lowest BCUT2D eigenvalue weighted by Gasteiger charge is -2.28. The lowest BCUT2D eigenvalue weighted by Crippen LogP contribution is -2.57. The number of fused-ring (bicyclic) bond motifs is 1. The molecule has 0 bridgehead atoms. The van der Waals surface area contributed by atoms with Crippen LogP contribution < -0.4 is 38.5 Å². The fourth-order valence-electron chi connectivity index (χ4n) is 6.74. The Morgan fingerprint density at radius 1 is 0.821 bits per heavy atom. The molecule has 3 atom stereocenters. The highest BCUT2D eigenvalue weighted by atomic mass is 16.2. The Morgan fingerprint density at radius 2 is 1.52 bits per heavy atom. The average molecular weight is 764 g/mol. The Balaban J connectivity index is 1.27. The number of aromatic amines is 1. The van der Waals surface area contributed by atoms with E-state index in [1.807, 2.05) is 72.8 Å². The summed E-state index contributed by atoms with van der Waals surface area (Å²) in [6.07, 6.45) is 8.78. The number of anilines is 1. The van der Waals surface area contributed by atoms with E-state index in [-0.39, 0.29) is 43.0 Å². The third-order valence-electron chi connectivity index (χ3n) is 9.61. The number of hydrogen-bond donors (Lipinski definition) is 8. The maximum Gasteiger partial charge on any atom is 0.289 e. The highest BCUT2D eigenvalue weighted by Gasteiger charge is 2.32. The molecule has 1 fully saturated rings. The lowest BCUT2D eigenvalue weighted by atomic mass is 9.84. The molecule has 1 heterocycles. The predicted octanol–water partition coefficient (Wildman–Crippen LogP) is 2.43. The first-order valence-electron chi connectivity index (χ1n) is 18.7. The molecule has 16 heteroatoms. The Hall–Kier alpha value is -6.58. The fraction of sp³-hybridized carbons (Fsp3) is 0.350. The van der Waals surface area contributed by atoms with Gasteiger partial charge in [-0.05, 0) is 53.2 Å². The number of nitrogens with two attached hydrogens (primary N) is 3. The largest absolute Gasteiger partial charge is 0.370 e. The summed E-state index contributed by atoms with van der Waals surface area (Å²) in [5, 5.41) is 19.3. The number of aromatic nitrogens is 3. The van der Waals surface area contributed by atoms with Crippen LogP contribution >= 0.6 is 0 Å². The molecule has 0 aliphatic heterocycles. The molecular weight excluding hydrogens is 715 g/mol. The monoisotopic (exact) mass is 763 g/mol. The normalized spacial score (nSPS) is 14.6. The quantitative estimate of drug-likeness (QED) is 0.0320. The predicted molar refractivity (Wildman–Crippen MR) is 214 cm³/mol. The van der Waals surface area contributed by atoms with Crippen LogP contribution in [0.1, 0.15) is 73.1 Å². The van der Waals surface area contributed by atoms with Crippen LogP contribution in [0.15, 0.2) is 83.9 Å². The minimum atomic E-state index is -1.12. The van der Waals surface area contributed by atoms with E-state index in [4.69, 9.17) is 17.2 Å². The molecule has 0 saturated heterocycles. The summed E-state index contributed by atoms with van der Waals surface area (Å²) in [6, 6.07) is 19.4. The first-order valence-corrected chi connectivity index (χ1v) is 18.7. The van der Waals surface area contributed by atoms with Crippen molar-refractivity contribution in [3.05, 3.63) is 95.8 Å². The molecule has 16 nitrogen and oxygen atoms in total. The van der Waals surface area contributed by atoms with Crippen LogP contribution in [0.2, 0.25) is 0 Å². The van der Waals surface area contributed by atoms with E-state index in [1.165, 1.54) is 6.08 Å². The van der Waals surface area contributed by atoms with Crippen LogP contribution in [-0.4, -0.2) is 75.3 Å². The van der Waals surface area contributed by atoms with Crippen molar-refractivity contribution in [3.8, 4) is 0 Å². The average Bonchev–Trinajstić information content (AvgIpc) is 3.66. The van der Waals surface area contributed by atoms with Crippen LogP contribution in [0.3, 0.4) is 0 Å². The molecule has 1 aromatic heterocycles. The molecule has 294 valence electrons. The molecule has 5 amide bonds. The van der Waals surface area contributed by atoms with Crippen LogP contribution in [0, 0.1) is 5.92 Å². The fourth-order valence-corrected chi connectivity index (χ4v) is 6.74. The van der Waals surface area contributed by atoms with Gasteiger partial charge in [0, 0.05) is 19.0 Å². The van der Waals surface area contributed by atoms with Gasteiger partial charge in [-0.1, -0.05) is 105 Å². The minimum absolute atomic E-state index is 0.116. The van der Waals surface area contributed by atoms with Gasteiger partial charge in [0.1, 0.15) is 18.1 Å². The summed E-state index contributed by atoms with van der Waals surface area (Å²) in [5.74, 6) is -3.53. The summed E-state index contributed by atoms with van der Waals surface area (Å²) in [7, 11) is 0. The SMILES string of the molecule is NC(=O)[C@H](Cc1ccccc1)NC(=O)[C@H](CCCN=C(N)N)NC(=O)[C@H](CC1CCCCC1)NC(=O)c1nc(NC(=O)/C=C/c2cccc3ccccc23)n[nH]1. The smallest absolute Gasteiger partial charge is 0.289 e. The van der Waals surface area contributed by atoms with Crippen molar-refractivity contribution in [2.45, 2.75) is 75.9 Å². The van der Waals surface area contributed by atoms with Crippen LogP contribution in [0.4, 0.5) is 5.95 Å². The molecule has 1 saturated carbocycles. The van der Waals surface area contributed by atoms with Crippen molar-refractivity contribution in [2.75, 3.05) is 11.9 Å². The lowest BCUT2D eigenvalue weighted by molar-refractivity contribution is -0.132. The zero-order valence-corrected chi connectivity index (χ0v) is 31.1. The van der Waals surface area contributed by atoms with Gasteiger partial charge >= 0.3 is 0 Å². The summed E-state index contributed by atoms with van der Waals surface area (Å²) in [4.78, 5) is 74.4. The molecule has 5 rings (SSSR count). The van der Waals surface area contributed by atoms with Gasteiger partial charge in [-0.3, -0.25) is 39.4 Å². The zero-order chi connectivity index (χ0) is 39.9. The van der Waals surface area contributed by atoms with E-state index < -0.39 is 47.7 Å². The van der Waals surface area contributed by atoms with Gasteiger partial charge in [0.15, 0.2) is 5.96 Å². The third-order valence-corrected chi connectivity index (χ3v) is 9.61. The van der Waals surface area contributed by atoms with Crippen LogP contribution in [0.25, 0.3) is 16.8 Å². The van der Waals surface area contributed by atoms with Crippen LogP contribution in [-0.2, 0) is 25.6 Å². The zero-order valence-electron chi connectivity index (χ0n) is 31.1. The van der Waals surface area contributed by atoms with Gasteiger partial charge in [0.25, 0.3) is 11.8 Å². The summed E-state index contributed by atoms with van der Waals surface area (Å²) < 4.78 is 0. The number of primary amides is 1. The van der Waals surface area contributed by atoms with Crippen molar-refractivity contribution in [1.29, 1.82) is 0 Å². The molecular formula is C40H49N11O5. The molecule has 11 N–H and O–H groups in total. The van der Waals surface area contributed by atoms with Gasteiger partial charge in [-0.25, -0.2) is 0 Å². The number of rotatable bonds is 18. The number of amides is 5. The Labute approximate surface area is 324 Å². The number of nitrogens with one attached hydrogen (secondary N) is 5. The number of H-pyrrole nitrogens is 1. The Kier molecular flexibility index (Phi) is 14.6. The van der Waals surface area contributed by atoms with E-state index in [0.29, 0.717) is 12.8 Å². The molecule has 1 aliphatic rings. The van der Waals surface area contributed by atoms with Gasteiger partial charge in [-0.2, -0.15) is 4.98 Å². The molecule has 0 spiro atoms. The molecule has 0 radical (unpaired) electrons. The van der Waals surface area contributed by atoms with Crippen LogP contribution in [0.5, 0.6) is 0 Å². The topological polar surface area (TPSA) is 265 Å². The van der Waals surface area contributed by atoms with Crippen molar-refractivity contribution in [2.24, 2.45) is 28.1 Å². The van der Waals surface area contributed by atoms with Crippen molar-refractivity contribution >= 4 is 58.3 Å². The molecule has 4 aromatic rings. The number of carbonyl (C=O) groups is 5. The van der Waals surface area contributed by atoms with E-state index in [1.54, 1.807) is 6.08 Å². The molecule has 56 heavy (non-hydrogen) atoms. The number of nitrogens with zero attached hydrogens (tertiary/aromatic N) is 3. The molecule has 1 aliphatic carbocycles. The van der Waals surface area contributed by atoms with Crippen molar-refractivity contribution in [3.63, 3.8) is 0 Å². The van der Waals surface area contributed by atoms with E-state index >= 15 is 0 Å². The Bertz CT molecular complexity index is 2030. The first kappa shape index (κ1) is 40.6. The summed E-state index contributed by atoms with van der Waals surface area (Å²) in [5.41, 5.74) is 18.2. The van der Waals surface area contributed by atoms with E-state index in [0.717, 1.165) is 54.0 Å². The van der Waals surface area contributed by atoms with Gasteiger partial charge in [-0.15, -0.1) is 5.10 Å². The summed E-state index contributed by atoms with van der Waals surface area (Å²) in [6.45, 7) is 0.191. The number of hydrogen-bond acceptors (Lipinski definition) is 8. The minimum Gasteiger partial charge on any atom is -0.370 e. The third kappa shape index (κ3) is 12.2. The second kappa shape index (κ2) is 20.2. The number of aliphatic imine (C=N–C) groups is 1. The van der Waals surface area contributed by atoms with Gasteiger partial charge < -0.3 is 33.2 Å².